The Morgan fingerprint density at radius 1 is 1.11 bits per heavy atom. The minimum absolute atomic E-state index is 0.754. The van der Waals surface area contributed by atoms with E-state index in [4.69, 9.17) is 4.74 Å². The van der Waals surface area contributed by atoms with E-state index in [1.165, 1.54) is 15.6 Å². The monoisotopic (exact) mass is 319 g/mol. The van der Waals surface area contributed by atoms with E-state index in [2.05, 4.69) is 53.3 Å². The van der Waals surface area contributed by atoms with Gasteiger partial charge >= 0.3 is 0 Å². The van der Waals surface area contributed by atoms with Gasteiger partial charge in [-0.05, 0) is 43.2 Å². The number of para-hydroxylation sites is 1. The summed E-state index contributed by atoms with van der Waals surface area (Å²) in [7, 11) is 1.70. The van der Waals surface area contributed by atoms with Crippen molar-refractivity contribution in [1.82, 2.24) is 0 Å². The lowest BCUT2D eigenvalue weighted by atomic mass is 10.1. The van der Waals surface area contributed by atoms with E-state index in [1.807, 2.05) is 18.2 Å². The van der Waals surface area contributed by atoms with E-state index >= 15 is 0 Å². The molecule has 0 aliphatic carbocycles. The van der Waals surface area contributed by atoms with Crippen LogP contribution in [-0.4, -0.2) is 7.11 Å². The van der Waals surface area contributed by atoms with Crippen molar-refractivity contribution in [1.29, 1.82) is 0 Å². The molecule has 2 aromatic carbocycles. The second-order valence-corrected chi connectivity index (χ2v) is 5.38. The molecule has 0 radical (unpaired) electrons. The first kappa shape index (κ1) is 13.9. The minimum Gasteiger partial charge on any atom is -0.496 e. The van der Waals surface area contributed by atoms with Crippen LogP contribution in [0.1, 0.15) is 16.7 Å². The standard InChI is InChI=1S/C16H18BrNO/c1-11-8-14(9-12(2)16(11)17)18-10-13-6-4-5-7-15(13)19-3/h4-9,18H,10H2,1-3H3. The molecule has 0 atom stereocenters. The maximum Gasteiger partial charge on any atom is 0.123 e. The molecule has 0 saturated carbocycles. The summed E-state index contributed by atoms with van der Waals surface area (Å²) in [6.45, 7) is 4.96. The van der Waals surface area contributed by atoms with Crippen molar-refractivity contribution < 1.29 is 4.74 Å². The molecule has 0 amide bonds. The van der Waals surface area contributed by atoms with Gasteiger partial charge in [-0.3, -0.25) is 0 Å². The van der Waals surface area contributed by atoms with Crippen LogP contribution in [0.4, 0.5) is 5.69 Å². The smallest absolute Gasteiger partial charge is 0.123 e. The summed E-state index contributed by atoms with van der Waals surface area (Å²) in [4.78, 5) is 0. The molecule has 0 aliphatic heterocycles. The minimum atomic E-state index is 0.754. The highest BCUT2D eigenvalue weighted by atomic mass is 79.9. The molecule has 0 aromatic heterocycles. The van der Waals surface area contributed by atoms with E-state index in [0.29, 0.717) is 0 Å². The molecule has 0 bridgehead atoms. The number of anilines is 1. The quantitative estimate of drug-likeness (QED) is 0.883. The van der Waals surface area contributed by atoms with E-state index in [9.17, 15) is 0 Å². The summed E-state index contributed by atoms with van der Waals surface area (Å²) in [5, 5.41) is 3.44. The normalized spacial score (nSPS) is 10.3. The average Bonchev–Trinajstić information content (AvgIpc) is 2.42. The van der Waals surface area contributed by atoms with Crippen molar-refractivity contribution in [3.05, 3.63) is 57.6 Å². The molecule has 3 heteroatoms. The Hall–Kier alpha value is -1.48. The first-order valence-electron chi connectivity index (χ1n) is 6.24. The van der Waals surface area contributed by atoms with Crippen molar-refractivity contribution in [3.63, 3.8) is 0 Å². The van der Waals surface area contributed by atoms with Crippen molar-refractivity contribution in [2.45, 2.75) is 20.4 Å². The van der Waals surface area contributed by atoms with E-state index < -0.39 is 0 Å². The fourth-order valence-electron chi connectivity index (χ4n) is 2.09. The van der Waals surface area contributed by atoms with Gasteiger partial charge < -0.3 is 10.1 Å². The first-order chi connectivity index (χ1) is 9.11. The summed E-state index contributed by atoms with van der Waals surface area (Å²) >= 11 is 3.58. The number of ether oxygens (including phenoxy) is 1. The van der Waals surface area contributed by atoms with Crippen LogP contribution in [-0.2, 0) is 6.54 Å². The number of aryl methyl sites for hydroxylation is 2. The van der Waals surface area contributed by atoms with Crippen molar-refractivity contribution in [3.8, 4) is 5.75 Å². The van der Waals surface area contributed by atoms with E-state index in [0.717, 1.165) is 23.5 Å². The van der Waals surface area contributed by atoms with Crippen LogP contribution in [0.25, 0.3) is 0 Å². The van der Waals surface area contributed by atoms with E-state index in [1.54, 1.807) is 7.11 Å². The molecule has 1 N–H and O–H groups in total. The summed E-state index contributed by atoms with van der Waals surface area (Å²) in [5.41, 5.74) is 4.76. The second kappa shape index (κ2) is 6.11. The van der Waals surface area contributed by atoms with Gasteiger partial charge in [0.15, 0.2) is 0 Å². The van der Waals surface area contributed by atoms with Crippen molar-refractivity contribution in [2.24, 2.45) is 0 Å². The second-order valence-electron chi connectivity index (χ2n) is 4.59. The number of hydrogen-bond donors (Lipinski definition) is 1. The Balaban J connectivity index is 2.15. The zero-order chi connectivity index (χ0) is 13.8. The highest BCUT2D eigenvalue weighted by molar-refractivity contribution is 9.10. The van der Waals surface area contributed by atoms with Crippen LogP contribution >= 0.6 is 15.9 Å². The lowest BCUT2D eigenvalue weighted by Crippen LogP contribution is -2.02. The topological polar surface area (TPSA) is 21.3 Å². The van der Waals surface area contributed by atoms with Gasteiger partial charge in [-0.1, -0.05) is 34.1 Å². The van der Waals surface area contributed by atoms with Crippen LogP contribution in [0.3, 0.4) is 0 Å². The van der Waals surface area contributed by atoms with Crippen LogP contribution in [0.2, 0.25) is 0 Å². The number of hydrogen-bond acceptors (Lipinski definition) is 2. The average molecular weight is 320 g/mol. The highest BCUT2D eigenvalue weighted by Crippen LogP contribution is 2.26. The predicted molar refractivity (Wildman–Crippen MR) is 83.9 cm³/mol. The van der Waals surface area contributed by atoms with Gasteiger partial charge in [0.1, 0.15) is 5.75 Å². The van der Waals surface area contributed by atoms with Gasteiger partial charge in [-0.15, -0.1) is 0 Å². The molecule has 19 heavy (non-hydrogen) atoms. The number of benzene rings is 2. The van der Waals surface area contributed by atoms with Crippen LogP contribution in [0, 0.1) is 13.8 Å². The molecular formula is C16H18BrNO. The van der Waals surface area contributed by atoms with Crippen molar-refractivity contribution >= 4 is 21.6 Å². The number of rotatable bonds is 4. The van der Waals surface area contributed by atoms with Gasteiger partial charge in [-0.2, -0.15) is 0 Å². The molecule has 0 heterocycles. The molecule has 0 aliphatic rings. The Bertz CT molecular complexity index is 558. The predicted octanol–water partition coefficient (Wildman–Crippen LogP) is 4.69. The summed E-state index contributed by atoms with van der Waals surface area (Å²) in [6, 6.07) is 12.4. The van der Waals surface area contributed by atoms with E-state index in [-0.39, 0.29) is 0 Å². The third-order valence-corrected chi connectivity index (χ3v) is 4.36. The molecule has 0 spiro atoms. The van der Waals surface area contributed by atoms with Gasteiger partial charge in [-0.25, -0.2) is 0 Å². The van der Waals surface area contributed by atoms with Gasteiger partial charge in [0.05, 0.1) is 7.11 Å². The zero-order valence-electron chi connectivity index (χ0n) is 11.5. The summed E-state index contributed by atoms with van der Waals surface area (Å²) < 4.78 is 6.53. The number of nitrogens with one attached hydrogen (secondary N) is 1. The fourth-order valence-corrected chi connectivity index (χ4v) is 2.32. The highest BCUT2D eigenvalue weighted by Gasteiger charge is 2.04. The molecular weight excluding hydrogens is 302 g/mol. The zero-order valence-corrected chi connectivity index (χ0v) is 13.0. The Morgan fingerprint density at radius 2 is 1.74 bits per heavy atom. The van der Waals surface area contributed by atoms with Crippen LogP contribution in [0.5, 0.6) is 5.75 Å². The maximum atomic E-state index is 5.35. The number of methoxy groups -OCH3 is 1. The van der Waals surface area contributed by atoms with Crippen LogP contribution < -0.4 is 10.1 Å². The molecule has 100 valence electrons. The third-order valence-electron chi connectivity index (χ3n) is 3.11. The van der Waals surface area contributed by atoms with Crippen LogP contribution in [0.15, 0.2) is 40.9 Å². The lowest BCUT2D eigenvalue weighted by molar-refractivity contribution is 0.410. The fraction of sp³-hybridized carbons (Fsp3) is 0.250. The largest absolute Gasteiger partial charge is 0.496 e. The van der Waals surface area contributed by atoms with Gasteiger partial charge in [0, 0.05) is 22.3 Å². The molecule has 0 fully saturated rings. The molecule has 2 nitrogen and oxygen atoms in total. The Kier molecular flexibility index (Phi) is 4.48. The van der Waals surface area contributed by atoms with Gasteiger partial charge in [0.2, 0.25) is 0 Å². The molecule has 2 aromatic rings. The molecule has 0 unspecified atom stereocenters. The SMILES string of the molecule is COc1ccccc1CNc1cc(C)c(Br)c(C)c1. The Labute approximate surface area is 122 Å². The Morgan fingerprint density at radius 3 is 2.37 bits per heavy atom. The summed E-state index contributed by atoms with van der Waals surface area (Å²) in [5.74, 6) is 0.917. The van der Waals surface area contributed by atoms with Crippen molar-refractivity contribution in [2.75, 3.05) is 12.4 Å². The number of halogens is 1. The van der Waals surface area contributed by atoms with Gasteiger partial charge in [0.25, 0.3) is 0 Å². The maximum absolute atomic E-state index is 5.35. The lowest BCUT2D eigenvalue weighted by Gasteiger charge is -2.12. The molecule has 0 saturated heterocycles. The summed E-state index contributed by atoms with van der Waals surface area (Å²) in [6.07, 6.45) is 0. The third kappa shape index (κ3) is 3.29. The first-order valence-corrected chi connectivity index (χ1v) is 7.03. The molecule has 2 rings (SSSR count).